The fourth-order valence-electron chi connectivity index (χ4n) is 6.74. The van der Waals surface area contributed by atoms with Gasteiger partial charge in [0, 0.05) is 39.7 Å². The standard InChI is InChI=1S/C36H36F3N3O3S2/c37-36(38,39)23-40-34(45)35(30-9-3-1-7-27(30)28-8-2-4-10-31(28)35)17-5-6-18-42-19-15-24(16-20-42)41-33(44)29-21-46-22-32(29)47-26-13-11-25(43)12-14-26/h1-4,7-14,21-22,24,43H,5-6,15-20,23H2,(H,40,45)(H,41,44). The zero-order chi connectivity index (χ0) is 33.0. The van der Waals surface area contributed by atoms with E-state index in [0.717, 1.165) is 70.9 Å². The number of benzene rings is 3. The van der Waals surface area contributed by atoms with Crippen LogP contribution in [0.15, 0.2) is 93.3 Å². The molecule has 0 unspecified atom stereocenters. The molecule has 6 rings (SSSR count). The molecule has 1 aromatic heterocycles. The predicted molar refractivity (Wildman–Crippen MR) is 179 cm³/mol. The molecular formula is C36H36F3N3O3S2. The second-order valence-corrected chi connectivity index (χ2v) is 13.9. The van der Waals surface area contributed by atoms with Crippen LogP contribution in [0, 0.1) is 0 Å². The Morgan fingerprint density at radius 1 is 0.915 bits per heavy atom. The Hall–Kier alpha value is -3.80. The van der Waals surface area contributed by atoms with Gasteiger partial charge in [-0.25, -0.2) is 0 Å². The summed E-state index contributed by atoms with van der Waals surface area (Å²) in [6, 6.07) is 22.0. The molecule has 0 atom stereocenters. The first-order valence-electron chi connectivity index (χ1n) is 15.7. The molecule has 6 nitrogen and oxygen atoms in total. The van der Waals surface area contributed by atoms with Gasteiger partial charge in [0.05, 0.1) is 5.56 Å². The average Bonchev–Trinajstić information content (AvgIpc) is 3.65. The Morgan fingerprint density at radius 3 is 2.19 bits per heavy atom. The Morgan fingerprint density at radius 2 is 1.55 bits per heavy atom. The lowest BCUT2D eigenvalue weighted by molar-refractivity contribution is -0.141. The van der Waals surface area contributed by atoms with E-state index in [-0.39, 0.29) is 17.7 Å². The maximum Gasteiger partial charge on any atom is 0.405 e. The lowest BCUT2D eigenvalue weighted by Gasteiger charge is -2.33. The van der Waals surface area contributed by atoms with Crippen molar-refractivity contribution in [2.24, 2.45) is 0 Å². The summed E-state index contributed by atoms with van der Waals surface area (Å²) in [5.74, 6) is -0.498. The van der Waals surface area contributed by atoms with Gasteiger partial charge < -0.3 is 20.6 Å². The van der Waals surface area contributed by atoms with E-state index >= 15 is 0 Å². The van der Waals surface area contributed by atoms with E-state index in [1.165, 1.54) is 23.1 Å². The number of piperidine rings is 1. The number of amides is 2. The van der Waals surface area contributed by atoms with Crippen molar-refractivity contribution in [3.63, 3.8) is 0 Å². The van der Waals surface area contributed by atoms with Crippen molar-refractivity contribution >= 4 is 34.9 Å². The highest BCUT2D eigenvalue weighted by molar-refractivity contribution is 7.99. The monoisotopic (exact) mass is 679 g/mol. The summed E-state index contributed by atoms with van der Waals surface area (Å²) in [5, 5.41) is 18.8. The molecule has 0 bridgehead atoms. The molecule has 3 aromatic carbocycles. The second-order valence-electron chi connectivity index (χ2n) is 12.1. The van der Waals surface area contributed by atoms with Gasteiger partial charge in [-0.05, 0) is 78.7 Å². The number of thiophene rings is 1. The van der Waals surface area contributed by atoms with Crippen LogP contribution < -0.4 is 10.6 Å². The number of likely N-dealkylation sites (tertiary alicyclic amines) is 1. The molecule has 1 fully saturated rings. The van der Waals surface area contributed by atoms with Crippen LogP contribution in [-0.4, -0.2) is 60.2 Å². The fraction of sp³-hybridized carbons (Fsp3) is 0.333. The van der Waals surface area contributed by atoms with E-state index in [1.54, 1.807) is 12.1 Å². The lowest BCUT2D eigenvalue weighted by Crippen LogP contribution is -2.47. The number of carbonyl (C=O) groups excluding carboxylic acids is 2. The molecule has 2 aliphatic rings. The first-order chi connectivity index (χ1) is 22.6. The lowest BCUT2D eigenvalue weighted by atomic mass is 9.73. The van der Waals surface area contributed by atoms with Crippen molar-refractivity contribution in [1.29, 1.82) is 0 Å². The van der Waals surface area contributed by atoms with Gasteiger partial charge in [0.25, 0.3) is 5.91 Å². The number of alkyl halides is 3. The van der Waals surface area contributed by atoms with Crippen molar-refractivity contribution < 1.29 is 27.9 Å². The van der Waals surface area contributed by atoms with E-state index in [2.05, 4.69) is 15.5 Å². The molecule has 0 spiro atoms. The highest BCUT2D eigenvalue weighted by Crippen LogP contribution is 2.51. The molecule has 0 radical (unpaired) electrons. The predicted octanol–water partition coefficient (Wildman–Crippen LogP) is 7.61. The second kappa shape index (κ2) is 14.1. The summed E-state index contributed by atoms with van der Waals surface area (Å²) in [5.41, 5.74) is 2.77. The van der Waals surface area contributed by atoms with Crippen LogP contribution in [0.1, 0.15) is 53.6 Å². The molecule has 47 heavy (non-hydrogen) atoms. The zero-order valence-corrected chi connectivity index (χ0v) is 27.3. The van der Waals surface area contributed by atoms with Gasteiger partial charge in [0.15, 0.2) is 0 Å². The van der Waals surface area contributed by atoms with Gasteiger partial charge in [0.2, 0.25) is 5.91 Å². The number of phenolic OH excluding ortho intramolecular Hbond substituents is 1. The summed E-state index contributed by atoms with van der Waals surface area (Å²) in [6.07, 6.45) is -0.996. The van der Waals surface area contributed by atoms with E-state index in [1.807, 2.05) is 71.4 Å². The number of nitrogens with one attached hydrogen (secondary N) is 2. The van der Waals surface area contributed by atoms with Gasteiger partial charge in [-0.15, -0.1) is 0 Å². The number of hydrogen-bond acceptors (Lipinski definition) is 6. The Kier molecular flexibility index (Phi) is 9.96. The number of fused-ring (bicyclic) bond motifs is 3. The molecule has 1 aliphatic carbocycles. The highest BCUT2D eigenvalue weighted by Gasteiger charge is 2.49. The zero-order valence-electron chi connectivity index (χ0n) is 25.7. The van der Waals surface area contributed by atoms with Crippen molar-refractivity contribution in [3.05, 3.63) is 100 Å². The van der Waals surface area contributed by atoms with Crippen LogP contribution in [0.4, 0.5) is 13.2 Å². The Balaban J connectivity index is 1.03. The summed E-state index contributed by atoms with van der Waals surface area (Å²) in [6.45, 7) is 1.09. The van der Waals surface area contributed by atoms with Crippen LogP contribution in [0.5, 0.6) is 5.75 Å². The summed E-state index contributed by atoms with van der Waals surface area (Å²) in [7, 11) is 0. The topological polar surface area (TPSA) is 81.7 Å². The summed E-state index contributed by atoms with van der Waals surface area (Å²) >= 11 is 2.98. The fourth-order valence-corrected chi connectivity index (χ4v) is 8.65. The quantitative estimate of drug-likeness (QED) is 0.142. The normalized spacial score (nSPS) is 16.0. The molecule has 1 saturated heterocycles. The number of unbranched alkanes of at least 4 members (excludes halogenated alkanes) is 1. The van der Waals surface area contributed by atoms with Gasteiger partial charge in [-0.1, -0.05) is 66.7 Å². The van der Waals surface area contributed by atoms with E-state index < -0.39 is 24.0 Å². The number of halogens is 3. The van der Waals surface area contributed by atoms with Gasteiger partial charge in [-0.3, -0.25) is 9.59 Å². The van der Waals surface area contributed by atoms with Crippen LogP contribution in [0.3, 0.4) is 0 Å². The average molecular weight is 680 g/mol. The maximum absolute atomic E-state index is 13.7. The smallest absolute Gasteiger partial charge is 0.405 e. The van der Waals surface area contributed by atoms with Crippen LogP contribution >= 0.6 is 23.1 Å². The summed E-state index contributed by atoms with van der Waals surface area (Å²) < 4.78 is 39.5. The maximum atomic E-state index is 13.7. The van der Waals surface area contributed by atoms with Crippen LogP contribution in [0.25, 0.3) is 11.1 Å². The largest absolute Gasteiger partial charge is 0.508 e. The minimum atomic E-state index is -4.50. The molecule has 1 aliphatic heterocycles. The Bertz CT molecular complexity index is 1670. The van der Waals surface area contributed by atoms with Gasteiger partial charge in [-0.2, -0.15) is 24.5 Å². The molecule has 4 aromatic rings. The number of phenols is 1. The SMILES string of the molecule is O=C(NC1CCN(CCCCC2(C(=O)NCC(F)(F)F)c3ccccc3-c3ccccc32)CC1)c1cscc1Sc1ccc(O)cc1. The third-order valence-electron chi connectivity index (χ3n) is 9.04. The minimum absolute atomic E-state index is 0.0669. The molecule has 0 saturated carbocycles. The van der Waals surface area contributed by atoms with Gasteiger partial charge >= 0.3 is 6.18 Å². The number of rotatable bonds is 11. The molecule has 2 amide bonds. The first kappa shape index (κ1) is 33.1. The number of nitrogens with zero attached hydrogens (tertiary/aromatic N) is 1. The molecule has 246 valence electrons. The van der Waals surface area contributed by atoms with Crippen molar-refractivity contribution in [3.8, 4) is 16.9 Å². The Labute approximate surface area is 280 Å². The number of aromatic hydroxyl groups is 1. The molecule has 3 N–H and O–H groups in total. The van der Waals surface area contributed by atoms with E-state index in [4.69, 9.17) is 0 Å². The van der Waals surface area contributed by atoms with Crippen molar-refractivity contribution in [1.82, 2.24) is 15.5 Å². The minimum Gasteiger partial charge on any atom is -0.508 e. The van der Waals surface area contributed by atoms with Crippen LogP contribution in [-0.2, 0) is 10.2 Å². The number of carbonyl (C=O) groups is 2. The third-order valence-corrected chi connectivity index (χ3v) is 11.0. The number of hydrogen-bond donors (Lipinski definition) is 3. The van der Waals surface area contributed by atoms with E-state index in [0.29, 0.717) is 18.4 Å². The molecule has 2 heterocycles. The molecular weight excluding hydrogens is 644 g/mol. The highest BCUT2D eigenvalue weighted by atomic mass is 32.2. The van der Waals surface area contributed by atoms with Gasteiger partial charge in [0.1, 0.15) is 17.7 Å². The first-order valence-corrected chi connectivity index (χ1v) is 17.5. The third kappa shape index (κ3) is 7.37. The van der Waals surface area contributed by atoms with Crippen molar-refractivity contribution in [2.45, 2.75) is 59.5 Å². The molecule has 11 heteroatoms. The van der Waals surface area contributed by atoms with Crippen LogP contribution in [0.2, 0.25) is 0 Å². The van der Waals surface area contributed by atoms with E-state index in [9.17, 15) is 27.9 Å². The summed E-state index contributed by atoms with van der Waals surface area (Å²) in [4.78, 5) is 31.0. The van der Waals surface area contributed by atoms with Crippen molar-refractivity contribution in [2.75, 3.05) is 26.2 Å².